The van der Waals surface area contributed by atoms with Gasteiger partial charge in [-0.25, -0.2) is 0 Å². The standard InChI is InChI=1S/C10H15IN2O2S/c11-16-7-2-1-6-12-10(15)8-4-3-5-9(14)13-8/h1-2,8H,3-7H2,(H,12,15)(H,13,14)/b2-1+. The molecule has 0 aromatic carbocycles. The summed E-state index contributed by atoms with van der Waals surface area (Å²) >= 11 is 2.22. The van der Waals surface area contributed by atoms with E-state index in [-0.39, 0.29) is 17.9 Å². The van der Waals surface area contributed by atoms with Crippen molar-refractivity contribution < 1.29 is 9.59 Å². The van der Waals surface area contributed by atoms with Gasteiger partial charge in [-0.2, -0.15) is 0 Å². The summed E-state index contributed by atoms with van der Waals surface area (Å²) in [6.07, 6.45) is 6.01. The Balaban J connectivity index is 2.21. The van der Waals surface area contributed by atoms with Crippen molar-refractivity contribution in [1.82, 2.24) is 10.6 Å². The summed E-state index contributed by atoms with van der Waals surface area (Å²) in [5.74, 6) is 0.833. The quantitative estimate of drug-likeness (QED) is 0.580. The summed E-state index contributed by atoms with van der Waals surface area (Å²) in [5.41, 5.74) is 0. The Morgan fingerprint density at radius 3 is 3.12 bits per heavy atom. The van der Waals surface area contributed by atoms with E-state index in [4.69, 9.17) is 0 Å². The molecule has 1 aliphatic rings. The number of carbonyl (C=O) groups excluding carboxylic acids is 2. The predicted molar refractivity (Wildman–Crippen MR) is 74.4 cm³/mol. The minimum Gasteiger partial charge on any atom is -0.351 e. The zero-order valence-electron chi connectivity index (χ0n) is 8.87. The molecule has 0 aliphatic carbocycles. The maximum atomic E-state index is 11.6. The molecule has 1 heterocycles. The topological polar surface area (TPSA) is 58.2 Å². The van der Waals surface area contributed by atoms with Crippen LogP contribution in [0.5, 0.6) is 0 Å². The van der Waals surface area contributed by atoms with Crippen LogP contribution in [0.25, 0.3) is 0 Å². The maximum Gasteiger partial charge on any atom is 0.242 e. The Bertz CT molecular complexity index is 284. The number of carbonyl (C=O) groups is 2. The molecule has 2 N–H and O–H groups in total. The summed E-state index contributed by atoms with van der Waals surface area (Å²) in [5, 5.41) is 5.47. The molecule has 16 heavy (non-hydrogen) atoms. The van der Waals surface area contributed by atoms with E-state index in [0.29, 0.717) is 13.0 Å². The van der Waals surface area contributed by atoms with Crippen molar-refractivity contribution >= 4 is 42.0 Å². The minimum absolute atomic E-state index is 0.0248. The lowest BCUT2D eigenvalue weighted by Gasteiger charge is -2.21. The Hall–Kier alpha value is -0.240. The van der Waals surface area contributed by atoms with Crippen LogP contribution in [0.3, 0.4) is 0 Å². The molecular weight excluding hydrogens is 339 g/mol. The maximum absolute atomic E-state index is 11.6. The van der Waals surface area contributed by atoms with E-state index in [0.717, 1.165) is 18.6 Å². The number of halogens is 1. The fourth-order valence-corrected chi connectivity index (χ4v) is 2.30. The molecule has 6 heteroatoms. The lowest BCUT2D eigenvalue weighted by atomic mass is 10.0. The number of hydrogen-bond donors (Lipinski definition) is 2. The van der Waals surface area contributed by atoms with Gasteiger partial charge in [-0.3, -0.25) is 9.59 Å². The SMILES string of the molecule is O=C1CCCC(C(=O)NC/C=C/CSI)N1. The summed E-state index contributed by atoms with van der Waals surface area (Å²) in [6.45, 7) is 0.530. The first-order chi connectivity index (χ1) is 7.74. The van der Waals surface area contributed by atoms with E-state index in [1.165, 1.54) is 0 Å². The van der Waals surface area contributed by atoms with E-state index < -0.39 is 0 Å². The van der Waals surface area contributed by atoms with Gasteiger partial charge in [0.1, 0.15) is 6.04 Å². The van der Waals surface area contributed by atoms with Crippen molar-refractivity contribution in [2.45, 2.75) is 25.3 Å². The van der Waals surface area contributed by atoms with Crippen molar-refractivity contribution in [2.75, 3.05) is 12.3 Å². The number of rotatable bonds is 5. The molecule has 1 saturated heterocycles. The van der Waals surface area contributed by atoms with Gasteiger partial charge in [-0.15, -0.1) is 0 Å². The van der Waals surface area contributed by atoms with E-state index >= 15 is 0 Å². The fraction of sp³-hybridized carbons (Fsp3) is 0.600. The Morgan fingerprint density at radius 1 is 1.62 bits per heavy atom. The molecule has 0 aromatic heterocycles. The second kappa shape index (κ2) is 7.94. The highest BCUT2D eigenvalue weighted by Crippen LogP contribution is 2.09. The van der Waals surface area contributed by atoms with Crippen LogP contribution < -0.4 is 10.6 Å². The zero-order valence-corrected chi connectivity index (χ0v) is 11.8. The highest BCUT2D eigenvalue weighted by molar-refractivity contribution is 14.2. The molecule has 0 spiro atoms. The van der Waals surface area contributed by atoms with E-state index in [9.17, 15) is 9.59 Å². The second-order valence-electron chi connectivity index (χ2n) is 3.50. The molecule has 4 nitrogen and oxygen atoms in total. The van der Waals surface area contributed by atoms with Crippen LogP contribution in [0.2, 0.25) is 0 Å². The van der Waals surface area contributed by atoms with Crippen LogP contribution >= 0.6 is 30.1 Å². The van der Waals surface area contributed by atoms with Crippen molar-refractivity contribution in [1.29, 1.82) is 0 Å². The number of hydrogen-bond acceptors (Lipinski definition) is 3. The highest BCUT2D eigenvalue weighted by Gasteiger charge is 2.23. The lowest BCUT2D eigenvalue weighted by Crippen LogP contribution is -2.49. The number of amides is 2. The zero-order chi connectivity index (χ0) is 11.8. The normalized spacial score (nSPS) is 20.8. The third-order valence-corrected chi connectivity index (χ3v) is 3.67. The van der Waals surface area contributed by atoms with Crippen LogP contribution in [0.4, 0.5) is 0 Å². The molecule has 2 amide bonds. The van der Waals surface area contributed by atoms with Crippen molar-refractivity contribution in [3.63, 3.8) is 0 Å². The van der Waals surface area contributed by atoms with Gasteiger partial charge in [0.25, 0.3) is 0 Å². The molecule has 0 radical (unpaired) electrons. The monoisotopic (exact) mass is 354 g/mol. The predicted octanol–water partition coefficient (Wildman–Crippen LogP) is 1.41. The van der Waals surface area contributed by atoms with Gasteiger partial charge < -0.3 is 10.6 Å². The van der Waals surface area contributed by atoms with Crippen molar-refractivity contribution in [3.8, 4) is 0 Å². The molecule has 1 atom stereocenters. The van der Waals surface area contributed by atoms with Gasteiger partial charge in [-0.1, -0.05) is 21.1 Å². The molecule has 0 saturated carbocycles. The van der Waals surface area contributed by atoms with Crippen LogP contribution in [0.15, 0.2) is 12.2 Å². The number of nitrogens with one attached hydrogen (secondary N) is 2. The molecule has 0 bridgehead atoms. The van der Waals surface area contributed by atoms with Crippen LogP contribution in [0.1, 0.15) is 19.3 Å². The van der Waals surface area contributed by atoms with E-state index in [1.807, 2.05) is 12.2 Å². The largest absolute Gasteiger partial charge is 0.351 e. The van der Waals surface area contributed by atoms with E-state index in [1.54, 1.807) is 8.93 Å². The first kappa shape index (κ1) is 13.8. The van der Waals surface area contributed by atoms with Gasteiger partial charge >= 0.3 is 0 Å². The smallest absolute Gasteiger partial charge is 0.242 e. The van der Waals surface area contributed by atoms with Crippen LogP contribution in [-0.2, 0) is 9.59 Å². The first-order valence-electron chi connectivity index (χ1n) is 5.19. The van der Waals surface area contributed by atoms with Crippen molar-refractivity contribution in [3.05, 3.63) is 12.2 Å². The summed E-state index contributed by atoms with van der Waals surface area (Å²) in [4.78, 5) is 22.7. The van der Waals surface area contributed by atoms with Gasteiger partial charge in [0.05, 0.1) is 0 Å². The minimum atomic E-state index is -0.339. The number of piperidine rings is 1. The fourth-order valence-electron chi connectivity index (χ4n) is 1.47. The lowest BCUT2D eigenvalue weighted by molar-refractivity contribution is -0.130. The average Bonchev–Trinajstić information content (AvgIpc) is 2.28. The van der Waals surface area contributed by atoms with Gasteiger partial charge in [0.15, 0.2) is 0 Å². The third kappa shape index (κ3) is 5.20. The summed E-state index contributed by atoms with van der Waals surface area (Å²) in [6, 6.07) is -0.339. The molecule has 1 unspecified atom stereocenters. The van der Waals surface area contributed by atoms with Gasteiger partial charge in [0.2, 0.25) is 11.8 Å². The summed E-state index contributed by atoms with van der Waals surface area (Å²) in [7, 11) is 1.70. The Labute approximate surface area is 112 Å². The average molecular weight is 354 g/mol. The van der Waals surface area contributed by atoms with Gasteiger partial charge in [0, 0.05) is 18.7 Å². The van der Waals surface area contributed by atoms with Crippen molar-refractivity contribution in [2.24, 2.45) is 0 Å². The first-order valence-corrected chi connectivity index (χ1v) is 8.72. The Kier molecular flexibility index (Phi) is 6.86. The van der Waals surface area contributed by atoms with Crippen LogP contribution in [0, 0.1) is 0 Å². The molecule has 1 rings (SSSR count). The Morgan fingerprint density at radius 2 is 2.44 bits per heavy atom. The van der Waals surface area contributed by atoms with Gasteiger partial charge in [-0.05, 0) is 34.0 Å². The molecule has 1 fully saturated rings. The summed E-state index contributed by atoms with van der Waals surface area (Å²) < 4.78 is 0. The highest BCUT2D eigenvalue weighted by atomic mass is 127. The van der Waals surface area contributed by atoms with E-state index in [2.05, 4.69) is 31.8 Å². The third-order valence-electron chi connectivity index (χ3n) is 2.27. The molecule has 0 aromatic rings. The molecular formula is C10H15IN2O2S. The molecule has 90 valence electrons. The van der Waals surface area contributed by atoms with Crippen LogP contribution in [-0.4, -0.2) is 30.2 Å². The molecule has 1 aliphatic heterocycles. The second-order valence-corrected chi connectivity index (χ2v) is 5.92.